The minimum absolute atomic E-state index is 0.641. The first-order valence-corrected chi connectivity index (χ1v) is 6.69. The number of nitrogens with one attached hydrogen (secondary N) is 2. The van der Waals surface area contributed by atoms with E-state index in [1.54, 1.807) is 0 Å². The average molecular weight is 231 g/mol. The van der Waals surface area contributed by atoms with E-state index in [2.05, 4.69) is 39.8 Å². The molecule has 2 heterocycles. The molecule has 1 aromatic carbocycles. The molecule has 0 aliphatic carbocycles. The molecule has 2 aliphatic heterocycles. The maximum Gasteiger partial charge on any atom is 0.0375 e. The van der Waals surface area contributed by atoms with E-state index >= 15 is 0 Å². The Hall–Kier alpha value is -1.06. The number of hydrogen-bond acceptors (Lipinski definition) is 3. The number of rotatable bonds is 3. The van der Waals surface area contributed by atoms with Crippen LogP contribution in [-0.4, -0.2) is 43.7 Å². The molecule has 1 atom stereocenters. The average Bonchev–Trinajstić information content (AvgIpc) is 2.80. The molecule has 0 spiro atoms. The largest absolute Gasteiger partial charge is 0.382 e. The lowest BCUT2D eigenvalue weighted by Gasteiger charge is -2.28. The van der Waals surface area contributed by atoms with Gasteiger partial charge in [-0.05, 0) is 24.5 Å². The molecule has 92 valence electrons. The van der Waals surface area contributed by atoms with Gasteiger partial charge in [-0.3, -0.25) is 0 Å². The summed E-state index contributed by atoms with van der Waals surface area (Å²) in [6.07, 6.45) is 2.46. The van der Waals surface area contributed by atoms with Crippen molar-refractivity contribution in [3.8, 4) is 0 Å². The van der Waals surface area contributed by atoms with Gasteiger partial charge < -0.3 is 15.5 Å². The lowest BCUT2D eigenvalue weighted by atomic mass is 10.1. The summed E-state index contributed by atoms with van der Waals surface area (Å²) < 4.78 is 0. The van der Waals surface area contributed by atoms with E-state index in [0.29, 0.717) is 6.04 Å². The Balaban J connectivity index is 1.48. The van der Waals surface area contributed by atoms with Crippen molar-refractivity contribution in [1.29, 1.82) is 0 Å². The van der Waals surface area contributed by atoms with Crippen molar-refractivity contribution in [3.63, 3.8) is 0 Å². The Bertz CT molecular complexity index is 346. The minimum atomic E-state index is 0.641. The van der Waals surface area contributed by atoms with Gasteiger partial charge >= 0.3 is 0 Å². The molecule has 0 radical (unpaired) electrons. The van der Waals surface area contributed by atoms with Crippen LogP contribution in [0, 0.1) is 0 Å². The molecule has 1 unspecified atom stereocenters. The van der Waals surface area contributed by atoms with Crippen LogP contribution in [0.5, 0.6) is 0 Å². The predicted molar refractivity (Wildman–Crippen MR) is 71.5 cm³/mol. The van der Waals surface area contributed by atoms with Gasteiger partial charge in [0.1, 0.15) is 0 Å². The zero-order valence-corrected chi connectivity index (χ0v) is 10.3. The molecule has 1 fully saturated rings. The third-order valence-electron chi connectivity index (χ3n) is 3.85. The number of benzene rings is 1. The van der Waals surface area contributed by atoms with E-state index < -0.39 is 0 Å². The fourth-order valence-electron chi connectivity index (χ4n) is 2.82. The Morgan fingerprint density at radius 3 is 2.82 bits per heavy atom. The topological polar surface area (TPSA) is 27.3 Å². The van der Waals surface area contributed by atoms with Gasteiger partial charge in [0.2, 0.25) is 0 Å². The number of nitrogens with zero attached hydrogens (tertiary/aromatic N) is 1. The molecular formula is C14H21N3. The van der Waals surface area contributed by atoms with Crippen LogP contribution in [0.15, 0.2) is 24.3 Å². The Morgan fingerprint density at radius 2 is 2.00 bits per heavy atom. The van der Waals surface area contributed by atoms with E-state index in [-0.39, 0.29) is 0 Å². The summed E-state index contributed by atoms with van der Waals surface area (Å²) in [4.78, 5) is 2.57. The van der Waals surface area contributed by atoms with Gasteiger partial charge in [0.15, 0.2) is 0 Å². The Morgan fingerprint density at radius 1 is 1.18 bits per heavy atom. The molecule has 17 heavy (non-hydrogen) atoms. The summed E-state index contributed by atoms with van der Waals surface area (Å²) >= 11 is 0. The first kappa shape index (κ1) is 11.1. The Kier molecular flexibility index (Phi) is 3.29. The molecule has 3 rings (SSSR count). The van der Waals surface area contributed by atoms with Gasteiger partial charge in [-0.15, -0.1) is 0 Å². The van der Waals surface area contributed by atoms with Crippen LogP contribution in [0.2, 0.25) is 0 Å². The smallest absolute Gasteiger partial charge is 0.0375 e. The summed E-state index contributed by atoms with van der Waals surface area (Å²) in [5.41, 5.74) is 2.83. The molecule has 0 amide bonds. The van der Waals surface area contributed by atoms with E-state index in [0.717, 1.165) is 13.1 Å². The van der Waals surface area contributed by atoms with Gasteiger partial charge in [-0.25, -0.2) is 0 Å². The molecule has 2 aliphatic rings. The second kappa shape index (κ2) is 5.07. The van der Waals surface area contributed by atoms with Crippen molar-refractivity contribution in [2.75, 3.05) is 38.0 Å². The van der Waals surface area contributed by atoms with E-state index in [1.807, 2.05) is 0 Å². The van der Waals surface area contributed by atoms with Gasteiger partial charge in [-0.2, -0.15) is 0 Å². The van der Waals surface area contributed by atoms with Crippen LogP contribution in [0.25, 0.3) is 0 Å². The third kappa shape index (κ3) is 2.61. The van der Waals surface area contributed by atoms with Gasteiger partial charge in [0.05, 0.1) is 0 Å². The molecule has 1 saturated heterocycles. The van der Waals surface area contributed by atoms with Crippen molar-refractivity contribution in [2.45, 2.75) is 18.9 Å². The predicted octanol–water partition coefficient (Wildman–Crippen LogP) is 1.32. The second-order valence-electron chi connectivity index (χ2n) is 5.08. The summed E-state index contributed by atoms with van der Waals surface area (Å²) in [6.45, 7) is 5.95. The minimum Gasteiger partial charge on any atom is -0.382 e. The highest BCUT2D eigenvalue weighted by molar-refractivity contribution is 5.56. The highest BCUT2D eigenvalue weighted by Gasteiger charge is 2.20. The Labute approximate surface area is 103 Å². The van der Waals surface area contributed by atoms with Gasteiger partial charge in [0.25, 0.3) is 0 Å². The molecule has 0 aromatic heterocycles. The molecule has 2 N–H and O–H groups in total. The lowest BCUT2D eigenvalue weighted by Crippen LogP contribution is -2.44. The van der Waals surface area contributed by atoms with Crippen LogP contribution in [0.1, 0.15) is 12.0 Å². The van der Waals surface area contributed by atoms with Crippen molar-refractivity contribution < 1.29 is 0 Å². The van der Waals surface area contributed by atoms with Crippen LogP contribution in [-0.2, 0) is 6.42 Å². The first-order valence-electron chi connectivity index (χ1n) is 6.69. The lowest BCUT2D eigenvalue weighted by molar-refractivity contribution is 0.235. The van der Waals surface area contributed by atoms with E-state index in [1.165, 1.54) is 43.7 Å². The molecule has 3 heteroatoms. The van der Waals surface area contributed by atoms with Gasteiger partial charge in [0, 0.05) is 44.5 Å². The normalized spacial score (nSPS) is 24.4. The highest BCUT2D eigenvalue weighted by Crippen LogP contribution is 2.26. The highest BCUT2D eigenvalue weighted by atomic mass is 15.2. The van der Waals surface area contributed by atoms with Crippen LogP contribution < -0.4 is 10.6 Å². The summed E-state index contributed by atoms with van der Waals surface area (Å²) in [7, 11) is 0. The maximum absolute atomic E-state index is 3.63. The number of piperazine rings is 1. The fourth-order valence-corrected chi connectivity index (χ4v) is 2.82. The fraction of sp³-hybridized carbons (Fsp3) is 0.571. The summed E-state index contributed by atoms with van der Waals surface area (Å²) in [5, 5.41) is 7.03. The van der Waals surface area contributed by atoms with E-state index in [4.69, 9.17) is 0 Å². The zero-order chi connectivity index (χ0) is 11.5. The second-order valence-corrected chi connectivity index (χ2v) is 5.08. The van der Waals surface area contributed by atoms with Crippen molar-refractivity contribution in [3.05, 3.63) is 29.8 Å². The van der Waals surface area contributed by atoms with Crippen molar-refractivity contribution in [2.24, 2.45) is 0 Å². The van der Waals surface area contributed by atoms with Crippen molar-refractivity contribution >= 4 is 5.69 Å². The number of para-hydroxylation sites is 1. The molecule has 1 aromatic rings. The van der Waals surface area contributed by atoms with Crippen LogP contribution in [0.3, 0.4) is 0 Å². The quantitative estimate of drug-likeness (QED) is 0.821. The SMILES string of the molecule is c1ccc2c(c1)CC(CCN1CCNCC1)N2. The maximum atomic E-state index is 3.63. The molecule has 0 bridgehead atoms. The summed E-state index contributed by atoms with van der Waals surface area (Å²) in [6, 6.07) is 9.33. The van der Waals surface area contributed by atoms with E-state index in [9.17, 15) is 0 Å². The monoisotopic (exact) mass is 231 g/mol. The summed E-state index contributed by atoms with van der Waals surface area (Å²) in [5.74, 6) is 0. The molecule has 0 saturated carbocycles. The first-order chi connectivity index (χ1) is 8.42. The molecular weight excluding hydrogens is 210 g/mol. The number of anilines is 1. The number of fused-ring (bicyclic) bond motifs is 1. The zero-order valence-electron chi connectivity index (χ0n) is 10.3. The standard InChI is InChI=1S/C14H21N3/c1-2-4-14-12(3-1)11-13(16-14)5-8-17-9-6-15-7-10-17/h1-4,13,15-16H,5-11H2. The van der Waals surface area contributed by atoms with Crippen LogP contribution >= 0.6 is 0 Å². The third-order valence-corrected chi connectivity index (χ3v) is 3.85. The molecule has 3 nitrogen and oxygen atoms in total. The number of hydrogen-bond donors (Lipinski definition) is 2. The van der Waals surface area contributed by atoms with Crippen molar-refractivity contribution in [1.82, 2.24) is 10.2 Å². The van der Waals surface area contributed by atoms with Crippen LogP contribution in [0.4, 0.5) is 5.69 Å². The van der Waals surface area contributed by atoms with Gasteiger partial charge in [-0.1, -0.05) is 18.2 Å².